The van der Waals surface area contributed by atoms with Gasteiger partial charge in [0.2, 0.25) is 0 Å². The first kappa shape index (κ1) is 16.5. The normalized spacial score (nSPS) is 18.7. The fourth-order valence-electron chi connectivity index (χ4n) is 2.84. The zero-order chi connectivity index (χ0) is 15.2. The van der Waals surface area contributed by atoms with Crippen LogP contribution in [0.5, 0.6) is 0 Å². The topological polar surface area (TPSA) is 50.2 Å². The summed E-state index contributed by atoms with van der Waals surface area (Å²) in [5, 5.41) is 7.76. The van der Waals surface area contributed by atoms with Crippen molar-refractivity contribution in [2.24, 2.45) is 5.92 Å². The Morgan fingerprint density at radius 2 is 2.33 bits per heavy atom. The highest BCUT2D eigenvalue weighted by Crippen LogP contribution is 2.23. The zero-order valence-electron chi connectivity index (χ0n) is 12.9. The second-order valence-electron chi connectivity index (χ2n) is 5.62. The lowest BCUT2D eigenvalue weighted by atomic mass is 9.99. The van der Waals surface area contributed by atoms with Crippen LogP contribution < -0.4 is 15.8 Å². The van der Waals surface area contributed by atoms with E-state index in [2.05, 4.69) is 38.2 Å². The third kappa shape index (κ3) is 4.07. The van der Waals surface area contributed by atoms with E-state index < -0.39 is 0 Å². The Balaban J connectivity index is 2.17. The summed E-state index contributed by atoms with van der Waals surface area (Å²) in [4.78, 5) is 14.6. The van der Waals surface area contributed by atoms with E-state index in [0.29, 0.717) is 16.9 Å². The molecule has 0 bridgehead atoms. The second-order valence-corrected chi connectivity index (χ2v) is 6.42. The Bertz CT molecular complexity index is 511. The number of piperidine rings is 1. The number of hydrogen-bond donors (Lipinski definition) is 1. The number of nitrogens with zero attached hydrogens (tertiary/aromatic N) is 3. The fraction of sp³-hybridized carbons (Fsp3) is 0.733. The van der Waals surface area contributed by atoms with Crippen LogP contribution in [0.15, 0.2) is 15.5 Å². The molecule has 1 aliphatic heterocycles. The van der Waals surface area contributed by atoms with Gasteiger partial charge in [0.1, 0.15) is 4.47 Å². The first-order chi connectivity index (χ1) is 10.2. The summed E-state index contributed by atoms with van der Waals surface area (Å²) in [6.45, 7) is 8.88. The van der Waals surface area contributed by atoms with E-state index in [1.807, 2.05) is 13.1 Å². The molecule has 1 N–H and O–H groups in total. The number of nitrogens with one attached hydrogen (secondary N) is 1. The SMILES string of the molecule is CCCn1ncc(N(CC)CC2CCCNC2)c(Br)c1=O. The van der Waals surface area contributed by atoms with Crippen molar-refractivity contribution in [2.45, 2.75) is 39.7 Å². The molecule has 0 aliphatic carbocycles. The first-order valence-electron chi connectivity index (χ1n) is 7.88. The molecule has 6 heteroatoms. The van der Waals surface area contributed by atoms with Crippen molar-refractivity contribution < 1.29 is 0 Å². The van der Waals surface area contributed by atoms with Gasteiger partial charge in [-0.3, -0.25) is 4.79 Å². The number of hydrogen-bond acceptors (Lipinski definition) is 4. The zero-order valence-corrected chi connectivity index (χ0v) is 14.5. The number of aryl methyl sites for hydroxylation is 1. The molecule has 0 radical (unpaired) electrons. The van der Waals surface area contributed by atoms with Crippen LogP contribution in [-0.4, -0.2) is 36.0 Å². The molecule has 1 saturated heterocycles. The Kier molecular flexibility index (Phi) is 6.23. The highest BCUT2D eigenvalue weighted by atomic mass is 79.9. The Morgan fingerprint density at radius 1 is 1.52 bits per heavy atom. The van der Waals surface area contributed by atoms with Gasteiger partial charge in [0.15, 0.2) is 0 Å². The van der Waals surface area contributed by atoms with Gasteiger partial charge < -0.3 is 10.2 Å². The molecule has 1 aromatic heterocycles. The van der Waals surface area contributed by atoms with Gasteiger partial charge in [-0.05, 0) is 61.1 Å². The lowest BCUT2D eigenvalue weighted by molar-refractivity contribution is 0.377. The van der Waals surface area contributed by atoms with Crippen molar-refractivity contribution in [1.29, 1.82) is 0 Å². The smallest absolute Gasteiger partial charge is 0.283 e. The molecule has 1 aromatic rings. The summed E-state index contributed by atoms with van der Waals surface area (Å²) in [6, 6.07) is 0. The lowest BCUT2D eigenvalue weighted by Crippen LogP contribution is -2.39. The molecule has 118 valence electrons. The van der Waals surface area contributed by atoms with Gasteiger partial charge in [0.05, 0.1) is 11.9 Å². The van der Waals surface area contributed by atoms with Gasteiger partial charge >= 0.3 is 0 Å². The minimum Gasteiger partial charge on any atom is -0.369 e. The average Bonchev–Trinajstić information content (AvgIpc) is 2.51. The van der Waals surface area contributed by atoms with Gasteiger partial charge in [-0.15, -0.1) is 0 Å². The van der Waals surface area contributed by atoms with Crippen LogP contribution in [0.25, 0.3) is 0 Å². The van der Waals surface area contributed by atoms with Crippen molar-refractivity contribution in [2.75, 3.05) is 31.1 Å². The fourth-order valence-corrected chi connectivity index (χ4v) is 3.40. The van der Waals surface area contributed by atoms with Gasteiger partial charge in [0, 0.05) is 19.6 Å². The van der Waals surface area contributed by atoms with Crippen molar-refractivity contribution >= 4 is 21.6 Å². The minimum absolute atomic E-state index is 0.0328. The summed E-state index contributed by atoms with van der Waals surface area (Å²) in [5.74, 6) is 0.642. The van der Waals surface area contributed by atoms with Crippen LogP contribution in [0.1, 0.15) is 33.1 Å². The summed E-state index contributed by atoms with van der Waals surface area (Å²) < 4.78 is 2.17. The first-order valence-corrected chi connectivity index (χ1v) is 8.67. The number of rotatable bonds is 6. The van der Waals surface area contributed by atoms with Crippen LogP contribution in [0.2, 0.25) is 0 Å². The van der Waals surface area contributed by atoms with Crippen molar-refractivity contribution in [3.8, 4) is 0 Å². The Labute approximate surface area is 134 Å². The van der Waals surface area contributed by atoms with Crippen LogP contribution in [0.3, 0.4) is 0 Å². The summed E-state index contributed by atoms with van der Waals surface area (Å²) in [7, 11) is 0. The molecule has 0 saturated carbocycles. The predicted molar refractivity (Wildman–Crippen MR) is 90.0 cm³/mol. The van der Waals surface area contributed by atoms with Crippen LogP contribution in [0, 0.1) is 5.92 Å². The number of halogens is 1. The van der Waals surface area contributed by atoms with Crippen LogP contribution >= 0.6 is 15.9 Å². The highest BCUT2D eigenvalue weighted by molar-refractivity contribution is 9.10. The highest BCUT2D eigenvalue weighted by Gasteiger charge is 2.19. The monoisotopic (exact) mass is 356 g/mol. The van der Waals surface area contributed by atoms with Gasteiger partial charge in [-0.25, -0.2) is 4.68 Å². The molecule has 5 nitrogen and oxygen atoms in total. The van der Waals surface area contributed by atoms with Gasteiger partial charge in [-0.1, -0.05) is 6.92 Å². The molecule has 0 aromatic carbocycles. The maximum atomic E-state index is 12.3. The summed E-state index contributed by atoms with van der Waals surface area (Å²) in [6.07, 6.45) is 5.21. The van der Waals surface area contributed by atoms with E-state index >= 15 is 0 Å². The van der Waals surface area contributed by atoms with Crippen LogP contribution in [0.4, 0.5) is 5.69 Å². The molecule has 2 rings (SSSR count). The third-order valence-electron chi connectivity index (χ3n) is 4.00. The molecule has 1 unspecified atom stereocenters. The van der Waals surface area contributed by atoms with Crippen molar-refractivity contribution in [1.82, 2.24) is 15.1 Å². The third-order valence-corrected chi connectivity index (χ3v) is 4.75. The van der Waals surface area contributed by atoms with E-state index in [-0.39, 0.29) is 5.56 Å². The molecule has 0 spiro atoms. The van der Waals surface area contributed by atoms with Crippen LogP contribution in [-0.2, 0) is 6.54 Å². The van der Waals surface area contributed by atoms with Gasteiger partial charge in [-0.2, -0.15) is 5.10 Å². The molecule has 0 amide bonds. The molecule has 1 aliphatic rings. The molecule has 21 heavy (non-hydrogen) atoms. The largest absolute Gasteiger partial charge is 0.369 e. The van der Waals surface area contributed by atoms with E-state index in [1.165, 1.54) is 17.5 Å². The molecule has 1 fully saturated rings. The molecular formula is C15H25BrN4O. The Morgan fingerprint density at radius 3 is 2.95 bits per heavy atom. The minimum atomic E-state index is -0.0328. The van der Waals surface area contributed by atoms with E-state index in [1.54, 1.807) is 0 Å². The predicted octanol–water partition coefficient (Wildman–Crippen LogP) is 2.24. The summed E-state index contributed by atoms with van der Waals surface area (Å²) >= 11 is 3.48. The van der Waals surface area contributed by atoms with Crippen molar-refractivity contribution in [3.05, 3.63) is 21.0 Å². The van der Waals surface area contributed by atoms with Crippen molar-refractivity contribution in [3.63, 3.8) is 0 Å². The molecule has 2 heterocycles. The molecule has 1 atom stereocenters. The number of anilines is 1. The van der Waals surface area contributed by atoms with E-state index in [9.17, 15) is 4.79 Å². The second kappa shape index (κ2) is 7.94. The number of aromatic nitrogens is 2. The van der Waals surface area contributed by atoms with Gasteiger partial charge in [0.25, 0.3) is 5.56 Å². The maximum Gasteiger partial charge on any atom is 0.283 e. The standard InChI is InChI=1S/C15H25BrN4O/c1-3-8-20-15(21)14(16)13(10-18-20)19(4-2)11-12-6-5-7-17-9-12/h10,12,17H,3-9,11H2,1-2H3. The van der Waals surface area contributed by atoms with E-state index in [0.717, 1.165) is 38.3 Å². The quantitative estimate of drug-likeness (QED) is 0.849. The van der Waals surface area contributed by atoms with E-state index in [4.69, 9.17) is 0 Å². The summed E-state index contributed by atoms with van der Waals surface area (Å²) in [5.41, 5.74) is 0.884. The average molecular weight is 357 g/mol. The lowest BCUT2D eigenvalue weighted by Gasteiger charge is -2.31. The molecular weight excluding hydrogens is 332 g/mol. The maximum absolute atomic E-state index is 12.3. The Hall–Kier alpha value is -0.880.